The minimum Gasteiger partial charge on any atom is -0.504 e. The van der Waals surface area contributed by atoms with Gasteiger partial charge in [-0.25, -0.2) is 5.43 Å². The number of carbonyl (C=O) groups is 1. The van der Waals surface area contributed by atoms with Gasteiger partial charge in [0.2, 0.25) is 0 Å². The van der Waals surface area contributed by atoms with Crippen LogP contribution in [0.1, 0.15) is 15.9 Å². The van der Waals surface area contributed by atoms with E-state index >= 15 is 0 Å². The van der Waals surface area contributed by atoms with E-state index < -0.39 is 10.8 Å². The lowest BCUT2D eigenvalue weighted by Gasteiger charge is -2.06. The molecule has 0 unspecified atom stereocenters. The van der Waals surface area contributed by atoms with Crippen LogP contribution in [0.25, 0.3) is 0 Å². The highest BCUT2D eigenvalue weighted by molar-refractivity contribution is 9.10. The minimum absolute atomic E-state index is 0.0356. The number of non-ortho nitro benzene ring substituents is 1. The van der Waals surface area contributed by atoms with Crippen molar-refractivity contribution in [3.63, 3.8) is 0 Å². The molecule has 0 bridgehead atoms. The van der Waals surface area contributed by atoms with Gasteiger partial charge in [-0.3, -0.25) is 14.9 Å². The van der Waals surface area contributed by atoms with E-state index in [0.29, 0.717) is 10.0 Å². The molecule has 0 radical (unpaired) electrons. The summed E-state index contributed by atoms with van der Waals surface area (Å²) >= 11 is 3.25. The van der Waals surface area contributed by atoms with Crippen LogP contribution in [0, 0.1) is 10.1 Å². The second-order valence-corrected chi connectivity index (χ2v) is 5.38. The van der Waals surface area contributed by atoms with Gasteiger partial charge in [0.1, 0.15) is 0 Å². The molecule has 2 rings (SSSR count). The number of hydrogen-bond acceptors (Lipinski definition) is 6. The molecular weight excluding hydrogens is 382 g/mol. The molecule has 0 saturated carbocycles. The molecular formula is C15H12BrN3O5. The average Bonchev–Trinajstić information content (AvgIpc) is 2.56. The SMILES string of the molecule is COc1cc([N+](=O)[O-])cc(/C=N\NC(=O)c2ccccc2Br)c1O. The van der Waals surface area contributed by atoms with Gasteiger partial charge in [-0.05, 0) is 28.1 Å². The minimum atomic E-state index is -0.626. The third kappa shape index (κ3) is 3.87. The van der Waals surface area contributed by atoms with E-state index in [4.69, 9.17) is 4.74 Å². The lowest BCUT2D eigenvalue weighted by molar-refractivity contribution is -0.385. The van der Waals surface area contributed by atoms with Crippen LogP contribution in [0.5, 0.6) is 11.5 Å². The van der Waals surface area contributed by atoms with E-state index in [9.17, 15) is 20.0 Å². The Balaban J connectivity index is 2.23. The summed E-state index contributed by atoms with van der Waals surface area (Å²) in [7, 11) is 1.27. The summed E-state index contributed by atoms with van der Waals surface area (Å²) < 4.78 is 5.47. The molecule has 8 nitrogen and oxygen atoms in total. The number of rotatable bonds is 5. The molecule has 0 aliphatic carbocycles. The maximum absolute atomic E-state index is 12.0. The molecule has 9 heteroatoms. The topological polar surface area (TPSA) is 114 Å². The highest BCUT2D eigenvalue weighted by Crippen LogP contribution is 2.33. The highest BCUT2D eigenvalue weighted by Gasteiger charge is 2.16. The Hall–Kier alpha value is -2.94. The van der Waals surface area contributed by atoms with Crippen LogP contribution in [0.2, 0.25) is 0 Å². The van der Waals surface area contributed by atoms with Crippen LogP contribution < -0.4 is 10.2 Å². The number of hydrogen-bond donors (Lipinski definition) is 2. The van der Waals surface area contributed by atoms with E-state index in [0.717, 1.165) is 18.3 Å². The van der Waals surface area contributed by atoms with Crippen molar-refractivity contribution < 1.29 is 19.6 Å². The zero-order valence-corrected chi connectivity index (χ0v) is 14.0. The fraction of sp³-hybridized carbons (Fsp3) is 0.0667. The van der Waals surface area contributed by atoms with Crippen LogP contribution in [0.3, 0.4) is 0 Å². The Kier molecular flexibility index (Phi) is 5.48. The van der Waals surface area contributed by atoms with Gasteiger partial charge >= 0.3 is 0 Å². The average molecular weight is 394 g/mol. The zero-order chi connectivity index (χ0) is 17.7. The third-order valence-corrected chi connectivity index (χ3v) is 3.70. The maximum Gasteiger partial charge on any atom is 0.274 e. The van der Waals surface area contributed by atoms with Crippen molar-refractivity contribution in [2.75, 3.05) is 7.11 Å². The third-order valence-electron chi connectivity index (χ3n) is 3.01. The first-order valence-electron chi connectivity index (χ1n) is 6.57. The number of nitrogens with one attached hydrogen (secondary N) is 1. The highest BCUT2D eigenvalue weighted by atomic mass is 79.9. The Morgan fingerprint density at radius 3 is 2.75 bits per heavy atom. The van der Waals surface area contributed by atoms with Crippen molar-refractivity contribution in [3.8, 4) is 11.5 Å². The van der Waals surface area contributed by atoms with Crippen molar-refractivity contribution in [2.45, 2.75) is 0 Å². The fourth-order valence-corrected chi connectivity index (χ4v) is 2.30. The number of nitro groups is 1. The first-order chi connectivity index (χ1) is 11.4. The number of halogens is 1. The van der Waals surface area contributed by atoms with E-state index in [-0.39, 0.29) is 22.7 Å². The first kappa shape index (κ1) is 17.4. The van der Waals surface area contributed by atoms with E-state index in [1.54, 1.807) is 24.3 Å². The van der Waals surface area contributed by atoms with Gasteiger partial charge in [0.25, 0.3) is 11.6 Å². The molecule has 24 heavy (non-hydrogen) atoms. The lowest BCUT2D eigenvalue weighted by Crippen LogP contribution is -2.18. The molecule has 0 spiro atoms. The number of aromatic hydroxyl groups is 1. The van der Waals surface area contributed by atoms with Gasteiger partial charge in [0, 0.05) is 16.1 Å². The number of hydrazone groups is 1. The predicted molar refractivity (Wildman–Crippen MR) is 90.5 cm³/mol. The van der Waals surface area contributed by atoms with Gasteiger partial charge in [0.15, 0.2) is 11.5 Å². The number of carbonyl (C=O) groups excluding carboxylic acids is 1. The molecule has 1 amide bonds. The number of nitro benzene ring substituents is 1. The largest absolute Gasteiger partial charge is 0.504 e. The van der Waals surface area contributed by atoms with Gasteiger partial charge in [-0.15, -0.1) is 0 Å². The quantitative estimate of drug-likeness (QED) is 0.460. The molecule has 0 aliphatic heterocycles. The van der Waals surface area contributed by atoms with Crippen LogP contribution in [0.15, 0.2) is 46.0 Å². The summed E-state index contributed by atoms with van der Waals surface area (Å²) in [4.78, 5) is 22.2. The second-order valence-electron chi connectivity index (χ2n) is 4.52. The van der Waals surface area contributed by atoms with E-state index in [1.165, 1.54) is 7.11 Å². The summed E-state index contributed by atoms with van der Waals surface area (Å²) in [5.74, 6) is -0.861. The lowest BCUT2D eigenvalue weighted by atomic mass is 10.2. The van der Waals surface area contributed by atoms with E-state index in [1.807, 2.05) is 0 Å². The molecule has 124 valence electrons. The molecule has 2 aromatic carbocycles. The van der Waals surface area contributed by atoms with Crippen molar-refractivity contribution in [1.82, 2.24) is 5.43 Å². The molecule has 0 heterocycles. The van der Waals surface area contributed by atoms with Gasteiger partial charge in [0.05, 0.1) is 29.9 Å². The molecule has 0 atom stereocenters. The Morgan fingerprint density at radius 2 is 2.12 bits per heavy atom. The Morgan fingerprint density at radius 1 is 1.42 bits per heavy atom. The fourth-order valence-electron chi connectivity index (χ4n) is 1.84. The number of methoxy groups -OCH3 is 1. The zero-order valence-electron chi connectivity index (χ0n) is 12.4. The summed E-state index contributed by atoms with van der Waals surface area (Å²) in [5.41, 5.74) is 2.41. The monoisotopic (exact) mass is 393 g/mol. The van der Waals surface area contributed by atoms with Gasteiger partial charge < -0.3 is 9.84 Å². The van der Waals surface area contributed by atoms with Crippen LogP contribution in [-0.2, 0) is 0 Å². The molecule has 2 N–H and O–H groups in total. The molecule has 0 saturated heterocycles. The number of phenolic OH excluding ortho intramolecular Hbond substituents is 1. The summed E-state index contributed by atoms with van der Waals surface area (Å²) in [6.07, 6.45) is 1.10. The second kappa shape index (κ2) is 7.55. The van der Waals surface area contributed by atoms with Crippen molar-refractivity contribution >= 4 is 33.7 Å². The van der Waals surface area contributed by atoms with Crippen LogP contribution >= 0.6 is 15.9 Å². The van der Waals surface area contributed by atoms with Crippen LogP contribution in [-0.4, -0.2) is 29.3 Å². The molecule has 0 fully saturated rings. The number of nitrogens with zero attached hydrogens (tertiary/aromatic N) is 2. The van der Waals surface area contributed by atoms with Gasteiger partial charge in [-0.1, -0.05) is 12.1 Å². The predicted octanol–water partition coefficient (Wildman–Crippen LogP) is 2.84. The summed E-state index contributed by atoms with van der Waals surface area (Å²) in [5, 5.41) is 24.6. The number of phenols is 1. The number of benzene rings is 2. The summed E-state index contributed by atoms with van der Waals surface area (Å²) in [6, 6.07) is 8.97. The normalized spacial score (nSPS) is 10.6. The Labute approximate surface area is 145 Å². The molecule has 0 aromatic heterocycles. The standard InChI is InChI=1S/C15H12BrN3O5/c1-24-13-7-10(19(22)23)6-9(14(13)20)8-17-18-15(21)11-4-2-3-5-12(11)16/h2-8,20H,1H3,(H,18,21)/b17-8-. The summed E-state index contributed by atoms with van der Waals surface area (Å²) in [6.45, 7) is 0. The Bertz CT molecular complexity index is 823. The van der Waals surface area contributed by atoms with Crippen LogP contribution in [0.4, 0.5) is 5.69 Å². The van der Waals surface area contributed by atoms with Crippen molar-refractivity contribution in [3.05, 3.63) is 62.1 Å². The molecule has 0 aliphatic rings. The molecule has 2 aromatic rings. The van der Waals surface area contributed by atoms with Gasteiger partial charge in [-0.2, -0.15) is 5.10 Å². The van der Waals surface area contributed by atoms with Crippen molar-refractivity contribution in [1.29, 1.82) is 0 Å². The first-order valence-corrected chi connectivity index (χ1v) is 7.36. The number of amides is 1. The maximum atomic E-state index is 12.0. The smallest absolute Gasteiger partial charge is 0.274 e. The van der Waals surface area contributed by atoms with E-state index in [2.05, 4.69) is 26.5 Å². The van der Waals surface area contributed by atoms with Crippen molar-refractivity contribution in [2.24, 2.45) is 5.10 Å². The number of ether oxygens (including phenoxy) is 1.